The van der Waals surface area contributed by atoms with Crippen molar-refractivity contribution in [2.45, 2.75) is 0 Å². The van der Waals surface area contributed by atoms with Crippen LogP contribution in [0.5, 0.6) is 0 Å². The molecule has 0 aromatic rings. The van der Waals surface area contributed by atoms with E-state index < -0.39 is 8.87 Å². The van der Waals surface area contributed by atoms with Gasteiger partial charge >= 0.3 is 0 Å². The Labute approximate surface area is 43.0 Å². The highest BCUT2D eigenvalue weighted by molar-refractivity contribution is 8.90. The minimum atomic E-state index is -2.78. The van der Waals surface area contributed by atoms with Crippen LogP contribution in [0, 0.1) is 0 Å². The third-order valence-corrected chi connectivity index (χ3v) is 4.72. The average Bonchev–Trinajstić information content (AvgIpc) is 1.35. The third kappa shape index (κ3) is 4.73. The van der Waals surface area contributed by atoms with Crippen LogP contribution in [0.4, 0.5) is 0 Å². The molecule has 0 aliphatic heterocycles. The van der Waals surface area contributed by atoms with Gasteiger partial charge in [-0.05, 0) is 10.4 Å². The lowest BCUT2D eigenvalue weighted by Gasteiger charge is -1.80. The molecule has 5 heteroatoms. The normalized spacial score (nSPS) is 11.7. The zero-order chi connectivity index (χ0) is 5.21. The number of hydrogen-bond acceptors (Lipinski definition) is 3. The van der Waals surface area contributed by atoms with Crippen molar-refractivity contribution >= 4 is 27.7 Å². The molecule has 0 fully saturated rings. The van der Waals surface area contributed by atoms with E-state index in [2.05, 4.69) is 8.44 Å². The van der Waals surface area contributed by atoms with Gasteiger partial charge in [0.25, 0.3) is 0 Å². The van der Waals surface area contributed by atoms with E-state index in [1.807, 2.05) is 0 Å². The molecule has 0 saturated carbocycles. The van der Waals surface area contributed by atoms with Crippen LogP contribution < -0.4 is 0 Å². The van der Waals surface area contributed by atoms with Crippen molar-refractivity contribution in [2.75, 3.05) is 6.26 Å². The fourth-order valence-corrected chi connectivity index (χ4v) is 0. The standard InChI is InChI=1S/CH5O2PS2/c1-6(2,3)5-4/h4H2,1H3. The molecule has 0 aromatic carbocycles. The molecule has 0 heterocycles. The van der Waals surface area contributed by atoms with Crippen LogP contribution in [-0.2, 0) is 8.87 Å². The molecule has 0 aliphatic carbocycles. The second-order valence-electron chi connectivity index (χ2n) is 0.800. The lowest BCUT2D eigenvalue weighted by molar-refractivity contribution is 0.616. The van der Waals surface area contributed by atoms with E-state index in [9.17, 15) is 8.42 Å². The Morgan fingerprint density at radius 3 is 1.83 bits per heavy atom. The predicted molar refractivity (Wildman–Crippen MR) is 32.1 cm³/mol. The molecule has 0 radical (unpaired) electrons. The Hall–Kier alpha value is 0.730. The van der Waals surface area contributed by atoms with Crippen LogP contribution in [0.3, 0.4) is 0 Å². The summed E-state index contributed by atoms with van der Waals surface area (Å²) in [5, 5.41) is 0. The van der Waals surface area contributed by atoms with Gasteiger partial charge in [0.1, 0.15) is 0 Å². The summed E-state index contributed by atoms with van der Waals surface area (Å²) in [4.78, 5) is 0. The molecule has 0 amide bonds. The first-order valence-corrected chi connectivity index (χ1v) is 5.85. The molecule has 0 saturated heterocycles. The molecule has 1 unspecified atom stereocenters. The van der Waals surface area contributed by atoms with Gasteiger partial charge in [-0.2, -0.15) is 0 Å². The number of rotatable bonds is 1. The van der Waals surface area contributed by atoms with E-state index in [0.717, 1.165) is 16.7 Å². The van der Waals surface area contributed by atoms with Crippen molar-refractivity contribution in [3.8, 4) is 0 Å². The maximum Gasteiger partial charge on any atom is 0.202 e. The van der Waals surface area contributed by atoms with Crippen molar-refractivity contribution in [2.24, 2.45) is 0 Å². The van der Waals surface area contributed by atoms with Gasteiger partial charge in [-0.1, -0.05) is 8.44 Å². The van der Waals surface area contributed by atoms with Gasteiger partial charge in [-0.3, -0.25) is 0 Å². The monoisotopic (exact) mass is 144 g/mol. The van der Waals surface area contributed by atoms with Crippen molar-refractivity contribution in [1.82, 2.24) is 0 Å². The first kappa shape index (κ1) is 6.73. The Balaban J connectivity index is 3.85. The third-order valence-electron chi connectivity index (χ3n) is 0.175. The minimum absolute atomic E-state index is 0.771. The zero-order valence-electron chi connectivity index (χ0n) is 3.21. The highest BCUT2D eigenvalue weighted by Crippen LogP contribution is 2.16. The fraction of sp³-hybridized carbons (Fsp3) is 1.00. The second-order valence-corrected chi connectivity index (χ2v) is 6.53. The van der Waals surface area contributed by atoms with Crippen LogP contribution in [0.1, 0.15) is 0 Å². The van der Waals surface area contributed by atoms with Crippen molar-refractivity contribution in [3.05, 3.63) is 0 Å². The van der Waals surface area contributed by atoms with Crippen LogP contribution in [0.2, 0.25) is 0 Å². The Morgan fingerprint density at radius 2 is 1.83 bits per heavy atom. The molecule has 0 aromatic heterocycles. The molecule has 1 atom stereocenters. The second kappa shape index (κ2) is 2.15. The van der Waals surface area contributed by atoms with E-state index in [1.165, 1.54) is 0 Å². The van der Waals surface area contributed by atoms with Gasteiger partial charge in [0.05, 0.1) is 0 Å². The highest BCUT2D eigenvalue weighted by atomic mass is 33.3. The molecule has 2 nitrogen and oxygen atoms in total. The lowest BCUT2D eigenvalue weighted by atomic mass is 12.0. The van der Waals surface area contributed by atoms with E-state index in [4.69, 9.17) is 0 Å². The van der Waals surface area contributed by atoms with E-state index in [-0.39, 0.29) is 0 Å². The molecule has 0 aliphatic rings. The smallest absolute Gasteiger partial charge is 0.202 e. The first-order valence-electron chi connectivity index (χ1n) is 1.14. The quantitative estimate of drug-likeness (QED) is 0.396. The van der Waals surface area contributed by atoms with Gasteiger partial charge in [-0.25, -0.2) is 8.42 Å². The van der Waals surface area contributed by atoms with Gasteiger partial charge < -0.3 is 0 Å². The lowest BCUT2D eigenvalue weighted by Crippen LogP contribution is -1.80. The molecular weight excluding hydrogens is 139 g/mol. The van der Waals surface area contributed by atoms with Crippen LogP contribution in [-0.4, -0.2) is 14.7 Å². The summed E-state index contributed by atoms with van der Waals surface area (Å²) in [6, 6.07) is 0. The Bertz CT molecular complexity index is 114. The largest absolute Gasteiger partial charge is 0.217 e. The average molecular weight is 144 g/mol. The summed E-state index contributed by atoms with van der Waals surface area (Å²) in [5.41, 5.74) is 0. The summed E-state index contributed by atoms with van der Waals surface area (Å²) >= 11 is 0. The van der Waals surface area contributed by atoms with Crippen LogP contribution in [0.25, 0.3) is 0 Å². The van der Waals surface area contributed by atoms with Crippen molar-refractivity contribution < 1.29 is 8.42 Å². The topological polar surface area (TPSA) is 34.1 Å². The van der Waals surface area contributed by atoms with Gasteiger partial charge in [0.15, 0.2) is 0 Å². The highest BCUT2D eigenvalue weighted by Gasteiger charge is 1.91. The number of hydrogen-bond donors (Lipinski definition) is 0. The van der Waals surface area contributed by atoms with E-state index >= 15 is 0 Å². The summed E-state index contributed by atoms with van der Waals surface area (Å²) < 4.78 is 19.9. The predicted octanol–water partition coefficient (Wildman–Crippen LogP) is 0.469. The van der Waals surface area contributed by atoms with Crippen LogP contribution in [0.15, 0.2) is 0 Å². The Morgan fingerprint density at radius 1 is 1.67 bits per heavy atom. The molecule has 0 rings (SSSR count). The maximum absolute atomic E-state index is 9.94. The maximum atomic E-state index is 9.94. The summed E-state index contributed by atoms with van der Waals surface area (Å²) in [6.07, 6.45) is 1.16. The molecule has 6 heavy (non-hydrogen) atoms. The Kier molecular flexibility index (Phi) is 2.41. The van der Waals surface area contributed by atoms with Crippen LogP contribution >= 0.6 is 18.9 Å². The van der Waals surface area contributed by atoms with E-state index in [1.54, 1.807) is 0 Å². The molecule has 38 valence electrons. The fourth-order valence-electron chi connectivity index (χ4n) is 0. The summed E-state index contributed by atoms with van der Waals surface area (Å²) in [6.45, 7) is 0. The van der Waals surface area contributed by atoms with Gasteiger partial charge in [0, 0.05) is 6.26 Å². The SMILES string of the molecule is CS(=O)(=O)SP. The molecule has 0 bridgehead atoms. The van der Waals surface area contributed by atoms with Crippen molar-refractivity contribution in [3.63, 3.8) is 0 Å². The molecule has 0 spiro atoms. The van der Waals surface area contributed by atoms with Gasteiger partial charge in [-0.15, -0.1) is 0 Å². The minimum Gasteiger partial charge on any atom is -0.217 e. The molecular formula is CH5O2PS2. The van der Waals surface area contributed by atoms with Crippen molar-refractivity contribution in [1.29, 1.82) is 0 Å². The van der Waals surface area contributed by atoms with Gasteiger partial charge in [0.2, 0.25) is 8.87 Å². The summed E-state index contributed by atoms with van der Waals surface area (Å²) in [5.74, 6) is 0. The van der Waals surface area contributed by atoms with E-state index in [0.29, 0.717) is 0 Å². The first-order chi connectivity index (χ1) is 2.56. The molecule has 0 N–H and O–H groups in total. The summed E-state index contributed by atoms with van der Waals surface area (Å²) in [7, 11) is 0.0417. The zero-order valence-corrected chi connectivity index (χ0v) is 6.00.